The molecule has 106 valence electrons. The van der Waals surface area contributed by atoms with Crippen molar-refractivity contribution in [2.45, 2.75) is 58.2 Å². The van der Waals surface area contributed by atoms with Crippen LogP contribution in [-0.4, -0.2) is 61.2 Å². The Hall–Kier alpha value is -0.120. The van der Waals surface area contributed by atoms with Crippen LogP contribution in [-0.2, 0) is 0 Å². The van der Waals surface area contributed by atoms with E-state index in [4.69, 9.17) is 0 Å². The lowest BCUT2D eigenvalue weighted by atomic mass is 9.93. The molecule has 2 saturated heterocycles. The molecule has 0 radical (unpaired) electrons. The summed E-state index contributed by atoms with van der Waals surface area (Å²) < 4.78 is 0. The third-order valence-corrected chi connectivity index (χ3v) is 4.84. The molecule has 18 heavy (non-hydrogen) atoms. The van der Waals surface area contributed by atoms with Gasteiger partial charge in [0.25, 0.3) is 0 Å². The van der Waals surface area contributed by atoms with E-state index in [9.17, 15) is 0 Å². The predicted octanol–water partition coefficient (Wildman–Crippen LogP) is 1.79. The van der Waals surface area contributed by atoms with Crippen molar-refractivity contribution in [3.05, 3.63) is 0 Å². The van der Waals surface area contributed by atoms with Gasteiger partial charge in [0.05, 0.1) is 0 Å². The smallest absolute Gasteiger partial charge is 0.0247 e. The normalized spacial score (nSPS) is 32.5. The lowest BCUT2D eigenvalue weighted by Gasteiger charge is -2.51. The van der Waals surface area contributed by atoms with E-state index >= 15 is 0 Å². The summed E-state index contributed by atoms with van der Waals surface area (Å²) >= 11 is 0. The Labute approximate surface area is 113 Å². The highest BCUT2D eigenvalue weighted by Crippen LogP contribution is 2.26. The first-order valence-electron chi connectivity index (χ1n) is 7.78. The average molecular weight is 253 g/mol. The third-order valence-electron chi connectivity index (χ3n) is 4.84. The number of nitrogens with one attached hydrogen (secondary N) is 1. The van der Waals surface area contributed by atoms with Crippen molar-refractivity contribution >= 4 is 0 Å². The second-order valence-electron chi connectivity index (χ2n) is 6.56. The van der Waals surface area contributed by atoms with Crippen LogP contribution in [0.1, 0.15) is 40.0 Å². The third kappa shape index (κ3) is 3.06. The largest absolute Gasteiger partial charge is 0.318 e. The van der Waals surface area contributed by atoms with Gasteiger partial charge in [0.1, 0.15) is 0 Å². The Balaban J connectivity index is 2.02. The fraction of sp³-hybridized carbons (Fsp3) is 1.00. The number of hydrogen-bond acceptors (Lipinski definition) is 3. The summed E-state index contributed by atoms with van der Waals surface area (Å²) in [6, 6.07) is 2.22. The van der Waals surface area contributed by atoms with Crippen molar-refractivity contribution in [1.29, 1.82) is 0 Å². The molecule has 2 heterocycles. The predicted molar refractivity (Wildman–Crippen MR) is 77.9 cm³/mol. The molecule has 2 aliphatic rings. The van der Waals surface area contributed by atoms with Crippen molar-refractivity contribution in [2.24, 2.45) is 5.92 Å². The molecule has 1 N–H and O–H groups in total. The summed E-state index contributed by atoms with van der Waals surface area (Å²) in [5.41, 5.74) is 0. The van der Waals surface area contributed by atoms with Gasteiger partial charge in [0, 0.05) is 37.8 Å². The second-order valence-corrected chi connectivity index (χ2v) is 6.56. The van der Waals surface area contributed by atoms with E-state index in [0.29, 0.717) is 12.1 Å². The maximum atomic E-state index is 3.38. The highest BCUT2D eigenvalue weighted by Gasteiger charge is 2.36. The van der Waals surface area contributed by atoms with Crippen LogP contribution in [0.25, 0.3) is 0 Å². The summed E-state index contributed by atoms with van der Waals surface area (Å²) in [4.78, 5) is 5.51. The SMILES string of the molecule is CNCC(C(C)C)N1CC2CCCCN2CC1C. The van der Waals surface area contributed by atoms with Crippen molar-refractivity contribution in [1.82, 2.24) is 15.1 Å². The Kier molecular flexibility index (Phi) is 5.05. The zero-order valence-electron chi connectivity index (χ0n) is 12.7. The fourth-order valence-corrected chi connectivity index (χ4v) is 3.78. The molecular formula is C15H31N3. The summed E-state index contributed by atoms with van der Waals surface area (Å²) in [6.07, 6.45) is 4.25. The van der Waals surface area contributed by atoms with Gasteiger partial charge in [-0.3, -0.25) is 9.80 Å². The maximum absolute atomic E-state index is 3.38. The van der Waals surface area contributed by atoms with Gasteiger partial charge in [-0.2, -0.15) is 0 Å². The van der Waals surface area contributed by atoms with Gasteiger partial charge in [-0.1, -0.05) is 20.3 Å². The number of hydrogen-bond donors (Lipinski definition) is 1. The van der Waals surface area contributed by atoms with Crippen molar-refractivity contribution < 1.29 is 0 Å². The number of piperazine rings is 1. The van der Waals surface area contributed by atoms with Crippen LogP contribution >= 0.6 is 0 Å². The van der Waals surface area contributed by atoms with Crippen molar-refractivity contribution in [2.75, 3.05) is 33.2 Å². The molecule has 0 aliphatic carbocycles. The molecule has 0 aromatic rings. The summed E-state index contributed by atoms with van der Waals surface area (Å²) in [5.74, 6) is 0.732. The molecule has 0 aromatic carbocycles. The molecule has 0 bridgehead atoms. The Morgan fingerprint density at radius 1 is 1.22 bits per heavy atom. The van der Waals surface area contributed by atoms with E-state index in [2.05, 4.69) is 42.9 Å². The van der Waals surface area contributed by atoms with E-state index in [1.807, 2.05) is 0 Å². The van der Waals surface area contributed by atoms with Gasteiger partial charge in [0.2, 0.25) is 0 Å². The number of likely N-dealkylation sites (N-methyl/N-ethyl adjacent to an activating group) is 1. The van der Waals surface area contributed by atoms with Gasteiger partial charge < -0.3 is 5.32 Å². The molecule has 0 amide bonds. The summed E-state index contributed by atoms with van der Waals surface area (Å²) in [6.45, 7) is 12.2. The first-order valence-corrected chi connectivity index (χ1v) is 7.78. The first kappa shape index (κ1) is 14.3. The Morgan fingerprint density at radius 3 is 2.67 bits per heavy atom. The van der Waals surface area contributed by atoms with Crippen LogP contribution in [0.15, 0.2) is 0 Å². The summed E-state index contributed by atoms with van der Waals surface area (Å²) in [5, 5.41) is 3.38. The number of piperidine rings is 1. The van der Waals surface area contributed by atoms with Gasteiger partial charge in [-0.15, -0.1) is 0 Å². The Bertz CT molecular complexity index is 254. The van der Waals surface area contributed by atoms with Crippen LogP contribution < -0.4 is 5.32 Å². The minimum Gasteiger partial charge on any atom is -0.318 e. The highest BCUT2D eigenvalue weighted by molar-refractivity contribution is 4.93. The van der Waals surface area contributed by atoms with Crippen LogP contribution in [0.5, 0.6) is 0 Å². The van der Waals surface area contributed by atoms with Crippen LogP contribution in [0.3, 0.4) is 0 Å². The molecule has 0 saturated carbocycles. The zero-order valence-corrected chi connectivity index (χ0v) is 12.7. The van der Waals surface area contributed by atoms with Crippen LogP contribution in [0.2, 0.25) is 0 Å². The maximum Gasteiger partial charge on any atom is 0.0247 e. The van der Waals surface area contributed by atoms with Crippen LogP contribution in [0.4, 0.5) is 0 Å². The van der Waals surface area contributed by atoms with Gasteiger partial charge in [0.15, 0.2) is 0 Å². The molecule has 0 aromatic heterocycles. The van der Waals surface area contributed by atoms with Crippen molar-refractivity contribution in [3.8, 4) is 0 Å². The minimum atomic E-state index is 0.689. The molecule has 2 aliphatic heterocycles. The summed E-state index contributed by atoms with van der Waals surface area (Å²) in [7, 11) is 2.08. The first-order chi connectivity index (χ1) is 8.63. The van der Waals surface area contributed by atoms with E-state index in [0.717, 1.165) is 18.5 Å². The molecule has 2 fully saturated rings. The number of nitrogens with zero attached hydrogens (tertiary/aromatic N) is 2. The van der Waals surface area contributed by atoms with E-state index in [1.165, 1.54) is 38.9 Å². The lowest BCUT2D eigenvalue weighted by Crippen LogP contribution is -2.63. The zero-order chi connectivity index (χ0) is 13.1. The minimum absolute atomic E-state index is 0.689. The molecular weight excluding hydrogens is 222 g/mol. The molecule has 3 nitrogen and oxygen atoms in total. The fourth-order valence-electron chi connectivity index (χ4n) is 3.78. The molecule has 3 heteroatoms. The van der Waals surface area contributed by atoms with Gasteiger partial charge >= 0.3 is 0 Å². The quantitative estimate of drug-likeness (QED) is 0.824. The number of fused-ring (bicyclic) bond motifs is 1. The van der Waals surface area contributed by atoms with Gasteiger partial charge in [-0.05, 0) is 39.3 Å². The highest BCUT2D eigenvalue weighted by atomic mass is 15.3. The molecule has 0 spiro atoms. The van der Waals surface area contributed by atoms with Crippen LogP contribution in [0, 0.1) is 5.92 Å². The van der Waals surface area contributed by atoms with Crippen molar-refractivity contribution in [3.63, 3.8) is 0 Å². The van der Waals surface area contributed by atoms with E-state index in [1.54, 1.807) is 0 Å². The monoisotopic (exact) mass is 253 g/mol. The second kappa shape index (κ2) is 6.36. The number of rotatable bonds is 4. The topological polar surface area (TPSA) is 18.5 Å². The van der Waals surface area contributed by atoms with E-state index in [-0.39, 0.29) is 0 Å². The Morgan fingerprint density at radius 2 is 2.00 bits per heavy atom. The van der Waals surface area contributed by atoms with E-state index < -0.39 is 0 Å². The molecule has 3 unspecified atom stereocenters. The van der Waals surface area contributed by atoms with Gasteiger partial charge in [-0.25, -0.2) is 0 Å². The lowest BCUT2D eigenvalue weighted by molar-refractivity contribution is -0.0176. The molecule has 2 rings (SSSR count). The molecule has 3 atom stereocenters. The standard InChI is InChI=1S/C15H31N3/c1-12(2)15(9-16-4)18-11-14-7-5-6-8-17(14)10-13(18)3/h12-16H,5-11H2,1-4H3. The average Bonchev–Trinajstić information content (AvgIpc) is 2.35.